The summed E-state index contributed by atoms with van der Waals surface area (Å²) in [5.74, 6) is -0.846. The van der Waals surface area contributed by atoms with Gasteiger partial charge in [0.05, 0.1) is 17.0 Å². The Kier molecular flexibility index (Phi) is 5.38. The summed E-state index contributed by atoms with van der Waals surface area (Å²) in [5.41, 5.74) is -0.437. The molecule has 0 bridgehead atoms. The number of benzene rings is 1. The van der Waals surface area contributed by atoms with Crippen molar-refractivity contribution >= 4 is 23.2 Å². The summed E-state index contributed by atoms with van der Waals surface area (Å²) in [4.78, 5) is 23.7. The molecule has 0 radical (unpaired) electrons. The van der Waals surface area contributed by atoms with Crippen molar-refractivity contribution in [1.82, 2.24) is 10.6 Å². The van der Waals surface area contributed by atoms with Crippen molar-refractivity contribution in [3.05, 3.63) is 57.8 Å². The predicted molar refractivity (Wildman–Crippen MR) is 79.9 cm³/mol. The summed E-state index contributed by atoms with van der Waals surface area (Å²) >= 11 is 1.25. The zero-order valence-corrected chi connectivity index (χ0v) is 12.6. The van der Waals surface area contributed by atoms with Gasteiger partial charge in [0.15, 0.2) is 0 Å². The van der Waals surface area contributed by atoms with Gasteiger partial charge in [-0.05, 0) is 29.1 Å². The van der Waals surface area contributed by atoms with Crippen molar-refractivity contribution in [2.75, 3.05) is 6.54 Å². The first kappa shape index (κ1) is 17.0. The molecule has 8 heteroatoms. The number of carbonyl (C=O) groups is 2. The third-order valence-electron chi connectivity index (χ3n) is 2.90. The van der Waals surface area contributed by atoms with Crippen molar-refractivity contribution in [2.45, 2.75) is 12.7 Å². The third-order valence-corrected chi connectivity index (χ3v) is 3.77. The standard InChI is InChI=1S/C15H13F3N2O2S/c16-15(17,18)11-4-1-3-10(7-11)8-19-13(21)9-20-14(22)12-5-2-6-23-12/h1-7H,8-9H2,(H,19,21)(H,20,22). The van der Waals surface area contributed by atoms with Crippen molar-refractivity contribution < 1.29 is 22.8 Å². The van der Waals surface area contributed by atoms with Crippen molar-refractivity contribution in [3.63, 3.8) is 0 Å². The molecule has 0 atom stereocenters. The smallest absolute Gasteiger partial charge is 0.350 e. The quantitative estimate of drug-likeness (QED) is 0.878. The van der Waals surface area contributed by atoms with Gasteiger partial charge in [0, 0.05) is 6.54 Å². The van der Waals surface area contributed by atoms with E-state index in [2.05, 4.69) is 10.6 Å². The molecule has 2 N–H and O–H groups in total. The monoisotopic (exact) mass is 342 g/mol. The lowest BCUT2D eigenvalue weighted by Crippen LogP contribution is -2.36. The lowest BCUT2D eigenvalue weighted by atomic mass is 10.1. The van der Waals surface area contributed by atoms with Gasteiger partial charge < -0.3 is 10.6 Å². The molecule has 122 valence electrons. The Balaban J connectivity index is 1.82. The lowest BCUT2D eigenvalue weighted by molar-refractivity contribution is -0.137. The molecule has 1 aromatic carbocycles. The Morgan fingerprint density at radius 2 is 1.87 bits per heavy atom. The average molecular weight is 342 g/mol. The number of halogens is 3. The van der Waals surface area contributed by atoms with Crippen LogP contribution in [0.1, 0.15) is 20.8 Å². The van der Waals surface area contributed by atoms with Crippen LogP contribution < -0.4 is 10.6 Å². The van der Waals surface area contributed by atoms with E-state index in [4.69, 9.17) is 0 Å². The molecular formula is C15H13F3N2O2S. The fraction of sp³-hybridized carbons (Fsp3) is 0.200. The second-order valence-corrected chi connectivity index (χ2v) is 5.58. The minimum atomic E-state index is -4.42. The minimum Gasteiger partial charge on any atom is -0.350 e. The molecule has 4 nitrogen and oxygen atoms in total. The molecule has 2 aromatic rings. The van der Waals surface area contributed by atoms with Crippen LogP contribution in [-0.2, 0) is 17.5 Å². The molecule has 0 unspecified atom stereocenters. The number of thiophene rings is 1. The molecule has 0 aliphatic carbocycles. The van der Waals surface area contributed by atoms with E-state index in [1.165, 1.54) is 23.5 Å². The fourth-order valence-electron chi connectivity index (χ4n) is 1.78. The molecule has 0 spiro atoms. The summed E-state index contributed by atoms with van der Waals surface area (Å²) < 4.78 is 37.7. The fourth-order valence-corrected chi connectivity index (χ4v) is 2.42. The molecule has 0 saturated carbocycles. The van der Waals surface area contributed by atoms with Gasteiger partial charge in [-0.1, -0.05) is 18.2 Å². The van der Waals surface area contributed by atoms with Crippen LogP contribution >= 0.6 is 11.3 Å². The van der Waals surface area contributed by atoms with Gasteiger partial charge in [0.2, 0.25) is 5.91 Å². The molecular weight excluding hydrogens is 329 g/mol. The Morgan fingerprint density at radius 1 is 1.09 bits per heavy atom. The van der Waals surface area contributed by atoms with Gasteiger partial charge in [0.1, 0.15) is 0 Å². The second-order valence-electron chi connectivity index (χ2n) is 4.63. The number of alkyl halides is 3. The summed E-state index contributed by atoms with van der Waals surface area (Å²) in [6.45, 7) is -0.284. The molecule has 23 heavy (non-hydrogen) atoms. The van der Waals surface area contributed by atoms with Crippen molar-refractivity contribution in [3.8, 4) is 0 Å². The topological polar surface area (TPSA) is 58.2 Å². The van der Waals surface area contributed by atoms with Gasteiger partial charge in [-0.15, -0.1) is 11.3 Å². The highest BCUT2D eigenvalue weighted by molar-refractivity contribution is 7.12. The minimum absolute atomic E-state index is 0.0440. The largest absolute Gasteiger partial charge is 0.416 e. The van der Waals surface area contributed by atoms with E-state index >= 15 is 0 Å². The van der Waals surface area contributed by atoms with Crippen LogP contribution in [-0.4, -0.2) is 18.4 Å². The van der Waals surface area contributed by atoms with Gasteiger partial charge in [0.25, 0.3) is 5.91 Å². The zero-order chi connectivity index (χ0) is 16.9. The van der Waals surface area contributed by atoms with Gasteiger partial charge in [-0.25, -0.2) is 0 Å². The Morgan fingerprint density at radius 3 is 2.52 bits per heavy atom. The number of amides is 2. The third kappa shape index (κ3) is 5.10. The first-order valence-corrected chi connectivity index (χ1v) is 7.49. The second kappa shape index (κ2) is 7.28. The summed E-state index contributed by atoms with van der Waals surface area (Å²) in [6.07, 6.45) is -4.42. The van der Waals surface area contributed by atoms with Gasteiger partial charge in [-0.2, -0.15) is 13.2 Å². The highest BCUT2D eigenvalue weighted by atomic mass is 32.1. The van der Waals surface area contributed by atoms with E-state index in [1.807, 2.05) is 0 Å². The van der Waals surface area contributed by atoms with E-state index in [-0.39, 0.29) is 19.0 Å². The number of nitrogens with one attached hydrogen (secondary N) is 2. The maximum Gasteiger partial charge on any atom is 0.416 e. The summed E-state index contributed by atoms with van der Waals surface area (Å²) in [6, 6.07) is 8.05. The molecule has 2 rings (SSSR count). The van der Waals surface area contributed by atoms with E-state index in [0.717, 1.165) is 12.1 Å². The lowest BCUT2D eigenvalue weighted by Gasteiger charge is -2.10. The normalized spacial score (nSPS) is 11.1. The number of carbonyl (C=O) groups excluding carboxylic acids is 2. The molecule has 0 saturated heterocycles. The van der Waals surface area contributed by atoms with E-state index in [1.54, 1.807) is 17.5 Å². The highest BCUT2D eigenvalue weighted by Crippen LogP contribution is 2.29. The summed E-state index contributed by atoms with van der Waals surface area (Å²) in [5, 5.41) is 6.64. The molecule has 1 heterocycles. The Labute approximate surface area is 134 Å². The highest BCUT2D eigenvalue weighted by Gasteiger charge is 2.30. The van der Waals surface area contributed by atoms with Crippen molar-refractivity contribution in [2.24, 2.45) is 0 Å². The molecule has 2 amide bonds. The Bertz CT molecular complexity index is 684. The van der Waals surface area contributed by atoms with Crippen LogP contribution in [0.15, 0.2) is 41.8 Å². The molecule has 0 aliphatic heterocycles. The van der Waals surface area contributed by atoms with Crippen molar-refractivity contribution in [1.29, 1.82) is 0 Å². The van der Waals surface area contributed by atoms with Crippen LogP contribution in [0.25, 0.3) is 0 Å². The Hall–Kier alpha value is -2.35. The molecule has 0 fully saturated rings. The van der Waals surface area contributed by atoms with Crippen LogP contribution in [0.2, 0.25) is 0 Å². The predicted octanol–water partition coefficient (Wildman–Crippen LogP) is 2.81. The van der Waals surface area contributed by atoms with Crippen LogP contribution in [0.4, 0.5) is 13.2 Å². The van der Waals surface area contributed by atoms with Crippen LogP contribution in [0.3, 0.4) is 0 Å². The first-order valence-electron chi connectivity index (χ1n) is 6.61. The van der Waals surface area contributed by atoms with E-state index < -0.39 is 17.6 Å². The molecule has 1 aromatic heterocycles. The number of hydrogen-bond acceptors (Lipinski definition) is 3. The SMILES string of the molecule is O=C(CNC(=O)c1cccs1)NCc1cccc(C(F)(F)F)c1. The number of rotatable bonds is 5. The first-order chi connectivity index (χ1) is 10.9. The van der Waals surface area contributed by atoms with Gasteiger partial charge >= 0.3 is 6.18 Å². The molecule has 0 aliphatic rings. The van der Waals surface area contributed by atoms with E-state index in [9.17, 15) is 22.8 Å². The average Bonchev–Trinajstić information content (AvgIpc) is 3.04. The van der Waals surface area contributed by atoms with Crippen LogP contribution in [0.5, 0.6) is 0 Å². The summed E-state index contributed by atoms with van der Waals surface area (Å²) in [7, 11) is 0. The maximum absolute atomic E-state index is 12.6. The van der Waals surface area contributed by atoms with E-state index in [0.29, 0.717) is 10.4 Å². The maximum atomic E-state index is 12.6. The zero-order valence-electron chi connectivity index (χ0n) is 11.8. The number of hydrogen-bond donors (Lipinski definition) is 2. The van der Waals surface area contributed by atoms with Gasteiger partial charge in [-0.3, -0.25) is 9.59 Å². The van der Waals surface area contributed by atoms with Crippen LogP contribution in [0, 0.1) is 0 Å².